The van der Waals surface area contributed by atoms with Crippen molar-refractivity contribution < 1.29 is 0 Å². The van der Waals surface area contributed by atoms with E-state index in [1.807, 2.05) is 6.92 Å². The van der Waals surface area contributed by atoms with Gasteiger partial charge in [-0.05, 0) is 26.2 Å². The van der Waals surface area contributed by atoms with E-state index >= 15 is 0 Å². The monoisotopic (exact) mass is 131 g/mol. The third kappa shape index (κ3) is 1.48. The molecule has 8 heavy (non-hydrogen) atoms. The molecule has 0 aromatic rings. The summed E-state index contributed by atoms with van der Waals surface area (Å²) in [5.74, 6) is 0. The van der Waals surface area contributed by atoms with E-state index in [1.54, 1.807) is 0 Å². The molecule has 46 valence electrons. The molecule has 0 aromatic carbocycles. The van der Waals surface area contributed by atoms with E-state index in [0.29, 0.717) is 0 Å². The standard InChI is InChI=1S/C6H10ClN/c1-5-3-2-4-6(7)8-5/h6H,2-4H2,1H3. The first-order valence-corrected chi connectivity index (χ1v) is 3.40. The molecule has 1 aliphatic rings. The average Bonchev–Trinajstić information content (AvgIpc) is 1.64. The number of aliphatic imine (C=N–C) groups is 1. The molecule has 0 saturated carbocycles. The van der Waals surface area contributed by atoms with Gasteiger partial charge in [-0.2, -0.15) is 0 Å². The van der Waals surface area contributed by atoms with Crippen LogP contribution >= 0.6 is 11.6 Å². The number of hydrogen-bond acceptors (Lipinski definition) is 1. The Morgan fingerprint density at radius 1 is 1.75 bits per heavy atom. The van der Waals surface area contributed by atoms with Crippen LogP contribution in [0.5, 0.6) is 0 Å². The molecular formula is C6H10ClN. The van der Waals surface area contributed by atoms with Crippen LogP contribution < -0.4 is 0 Å². The third-order valence-corrected chi connectivity index (χ3v) is 1.66. The van der Waals surface area contributed by atoms with Crippen LogP contribution in [0.4, 0.5) is 0 Å². The Hall–Kier alpha value is -0.0400. The largest absolute Gasteiger partial charge is 0.275 e. The average molecular weight is 132 g/mol. The van der Waals surface area contributed by atoms with E-state index in [2.05, 4.69) is 4.99 Å². The van der Waals surface area contributed by atoms with Gasteiger partial charge in [0.25, 0.3) is 0 Å². The van der Waals surface area contributed by atoms with E-state index in [0.717, 1.165) is 12.8 Å². The highest BCUT2D eigenvalue weighted by Crippen LogP contribution is 2.15. The predicted molar refractivity (Wildman–Crippen MR) is 36.6 cm³/mol. The zero-order valence-corrected chi connectivity index (χ0v) is 5.78. The van der Waals surface area contributed by atoms with Crippen LogP contribution in [0.15, 0.2) is 4.99 Å². The molecule has 1 atom stereocenters. The normalized spacial score (nSPS) is 29.8. The molecule has 0 amide bonds. The lowest BCUT2D eigenvalue weighted by Crippen LogP contribution is -2.06. The molecule has 0 aliphatic carbocycles. The van der Waals surface area contributed by atoms with Crippen LogP contribution in [0.25, 0.3) is 0 Å². The summed E-state index contributed by atoms with van der Waals surface area (Å²) in [6, 6.07) is 0. The van der Waals surface area contributed by atoms with Crippen molar-refractivity contribution in [3.05, 3.63) is 0 Å². The highest BCUT2D eigenvalue weighted by Gasteiger charge is 2.07. The zero-order valence-electron chi connectivity index (χ0n) is 5.02. The van der Waals surface area contributed by atoms with Crippen LogP contribution in [0, 0.1) is 0 Å². The minimum Gasteiger partial charge on any atom is -0.275 e. The second-order valence-corrected chi connectivity index (χ2v) is 2.69. The maximum absolute atomic E-state index is 5.72. The van der Waals surface area contributed by atoms with Crippen molar-refractivity contribution in [3.63, 3.8) is 0 Å². The minimum absolute atomic E-state index is 0.0729. The van der Waals surface area contributed by atoms with Crippen molar-refractivity contribution in [1.29, 1.82) is 0 Å². The number of hydrogen-bond donors (Lipinski definition) is 0. The Bertz CT molecular complexity index is 109. The van der Waals surface area contributed by atoms with Crippen LogP contribution in [-0.2, 0) is 0 Å². The van der Waals surface area contributed by atoms with Crippen molar-refractivity contribution in [1.82, 2.24) is 0 Å². The molecule has 1 unspecified atom stereocenters. The number of alkyl halides is 1. The van der Waals surface area contributed by atoms with E-state index in [1.165, 1.54) is 12.1 Å². The van der Waals surface area contributed by atoms with E-state index in [9.17, 15) is 0 Å². The first-order chi connectivity index (χ1) is 3.79. The minimum atomic E-state index is 0.0729. The predicted octanol–water partition coefficient (Wildman–Crippen LogP) is 2.20. The fourth-order valence-electron chi connectivity index (χ4n) is 0.895. The van der Waals surface area contributed by atoms with Crippen LogP contribution in [0.2, 0.25) is 0 Å². The lowest BCUT2D eigenvalue weighted by molar-refractivity contribution is 0.694. The highest BCUT2D eigenvalue weighted by atomic mass is 35.5. The van der Waals surface area contributed by atoms with Gasteiger partial charge in [0, 0.05) is 5.71 Å². The Kier molecular flexibility index (Phi) is 1.90. The lowest BCUT2D eigenvalue weighted by Gasteiger charge is -2.11. The van der Waals surface area contributed by atoms with Crippen LogP contribution in [0.1, 0.15) is 26.2 Å². The summed E-state index contributed by atoms with van der Waals surface area (Å²) in [5.41, 5.74) is 1.28. The molecule has 0 N–H and O–H groups in total. The summed E-state index contributed by atoms with van der Waals surface area (Å²) in [6.45, 7) is 2.04. The van der Waals surface area contributed by atoms with Gasteiger partial charge >= 0.3 is 0 Å². The van der Waals surface area contributed by atoms with Crippen molar-refractivity contribution in [3.8, 4) is 0 Å². The topological polar surface area (TPSA) is 12.4 Å². The molecular weight excluding hydrogens is 122 g/mol. The molecule has 0 bridgehead atoms. The Morgan fingerprint density at radius 3 is 2.88 bits per heavy atom. The zero-order chi connectivity index (χ0) is 5.98. The van der Waals surface area contributed by atoms with Gasteiger partial charge in [-0.3, -0.25) is 4.99 Å². The molecule has 0 fully saturated rings. The maximum atomic E-state index is 5.72. The number of nitrogens with zero attached hydrogens (tertiary/aromatic N) is 1. The second kappa shape index (κ2) is 2.49. The Morgan fingerprint density at radius 2 is 2.50 bits per heavy atom. The Labute approximate surface area is 54.8 Å². The SMILES string of the molecule is CC1=NC(Cl)CCC1. The molecule has 2 heteroatoms. The molecule has 0 saturated heterocycles. The molecule has 0 aromatic heterocycles. The van der Waals surface area contributed by atoms with Gasteiger partial charge in [0.1, 0.15) is 5.50 Å². The molecule has 1 aliphatic heterocycles. The summed E-state index contributed by atoms with van der Waals surface area (Å²) in [7, 11) is 0. The summed E-state index contributed by atoms with van der Waals surface area (Å²) in [5, 5.41) is 0. The van der Waals surface area contributed by atoms with Gasteiger partial charge < -0.3 is 0 Å². The van der Waals surface area contributed by atoms with Gasteiger partial charge in [-0.1, -0.05) is 11.6 Å². The summed E-state index contributed by atoms with van der Waals surface area (Å²) >= 11 is 5.72. The van der Waals surface area contributed by atoms with Gasteiger partial charge in [0.05, 0.1) is 0 Å². The summed E-state index contributed by atoms with van der Waals surface area (Å²) in [4.78, 5) is 4.16. The second-order valence-electron chi connectivity index (χ2n) is 2.19. The highest BCUT2D eigenvalue weighted by molar-refractivity contribution is 6.21. The van der Waals surface area contributed by atoms with Crippen LogP contribution in [-0.4, -0.2) is 11.2 Å². The van der Waals surface area contributed by atoms with Crippen LogP contribution in [0.3, 0.4) is 0 Å². The van der Waals surface area contributed by atoms with Gasteiger partial charge in [0.15, 0.2) is 0 Å². The van der Waals surface area contributed by atoms with Crippen molar-refractivity contribution in [2.45, 2.75) is 31.7 Å². The van der Waals surface area contributed by atoms with E-state index in [-0.39, 0.29) is 5.50 Å². The number of halogens is 1. The summed E-state index contributed by atoms with van der Waals surface area (Å²) in [6.07, 6.45) is 3.41. The molecule has 0 radical (unpaired) electrons. The van der Waals surface area contributed by atoms with Crippen molar-refractivity contribution >= 4 is 17.3 Å². The van der Waals surface area contributed by atoms with Gasteiger partial charge in [-0.15, -0.1) is 0 Å². The van der Waals surface area contributed by atoms with Crippen molar-refractivity contribution in [2.75, 3.05) is 0 Å². The Balaban J connectivity index is 2.50. The quantitative estimate of drug-likeness (QED) is 0.353. The smallest absolute Gasteiger partial charge is 0.123 e. The molecule has 0 spiro atoms. The number of rotatable bonds is 0. The van der Waals surface area contributed by atoms with E-state index < -0.39 is 0 Å². The maximum Gasteiger partial charge on any atom is 0.123 e. The first kappa shape index (κ1) is 6.09. The molecule has 1 nitrogen and oxygen atoms in total. The fourth-order valence-corrected chi connectivity index (χ4v) is 1.22. The molecule has 1 heterocycles. The summed E-state index contributed by atoms with van der Waals surface area (Å²) < 4.78 is 0. The van der Waals surface area contributed by atoms with E-state index in [4.69, 9.17) is 11.6 Å². The lowest BCUT2D eigenvalue weighted by atomic mass is 10.1. The van der Waals surface area contributed by atoms with Gasteiger partial charge in [-0.25, -0.2) is 0 Å². The van der Waals surface area contributed by atoms with Crippen molar-refractivity contribution in [2.24, 2.45) is 4.99 Å². The molecule has 1 rings (SSSR count). The fraction of sp³-hybridized carbons (Fsp3) is 0.833. The van der Waals surface area contributed by atoms with Gasteiger partial charge in [0.2, 0.25) is 0 Å². The third-order valence-electron chi connectivity index (χ3n) is 1.34. The first-order valence-electron chi connectivity index (χ1n) is 2.96.